The van der Waals surface area contributed by atoms with Crippen LogP contribution in [0.15, 0.2) is 0 Å². The number of aliphatic hydroxyl groups excluding tert-OH is 1. The lowest BCUT2D eigenvalue weighted by molar-refractivity contribution is -0.222. The Labute approximate surface area is 228 Å². The monoisotopic (exact) mass is 542 g/mol. The molecule has 2 aliphatic heterocycles. The fourth-order valence-corrected chi connectivity index (χ4v) is 5.96. The van der Waals surface area contributed by atoms with Crippen molar-refractivity contribution in [3.8, 4) is 0 Å². The van der Waals surface area contributed by atoms with E-state index in [2.05, 4.69) is 13.8 Å². The molecule has 6 atom stereocenters. The van der Waals surface area contributed by atoms with E-state index in [1.807, 2.05) is 48.5 Å². The van der Waals surface area contributed by atoms with E-state index in [0.29, 0.717) is 18.8 Å². The van der Waals surface area contributed by atoms with Gasteiger partial charge in [-0.05, 0) is 60.3 Å². The summed E-state index contributed by atoms with van der Waals surface area (Å²) in [5.74, 6) is 0.426. The summed E-state index contributed by atoms with van der Waals surface area (Å²) < 4.78 is 33.9. The van der Waals surface area contributed by atoms with E-state index in [1.165, 1.54) is 0 Å². The Bertz CT molecular complexity index is 775. The molecule has 0 aromatic heterocycles. The van der Waals surface area contributed by atoms with Crippen LogP contribution >= 0.6 is 0 Å². The molecule has 0 unspecified atom stereocenters. The molecule has 4 aliphatic rings. The van der Waals surface area contributed by atoms with Crippen molar-refractivity contribution in [2.75, 3.05) is 14.2 Å². The first kappa shape index (κ1) is 31.3. The molecule has 2 saturated heterocycles. The van der Waals surface area contributed by atoms with Crippen molar-refractivity contribution in [3.05, 3.63) is 0 Å². The molecule has 0 amide bonds. The van der Waals surface area contributed by atoms with E-state index in [4.69, 9.17) is 28.4 Å². The highest BCUT2D eigenvalue weighted by molar-refractivity contribution is 5.76. The van der Waals surface area contributed by atoms with E-state index in [0.717, 1.165) is 12.8 Å². The number of esters is 2. The molecule has 9 nitrogen and oxygen atoms in total. The maximum absolute atomic E-state index is 12.1. The number of carbonyl (C=O) groups excluding carboxylic acids is 2. The van der Waals surface area contributed by atoms with Crippen LogP contribution in [0.25, 0.3) is 0 Å². The van der Waals surface area contributed by atoms with E-state index in [-0.39, 0.29) is 41.6 Å². The van der Waals surface area contributed by atoms with Gasteiger partial charge in [-0.2, -0.15) is 0 Å². The molecule has 220 valence electrons. The Hall–Kier alpha value is -1.26. The predicted molar refractivity (Wildman–Crippen MR) is 140 cm³/mol. The summed E-state index contributed by atoms with van der Waals surface area (Å²) in [6.07, 6.45) is 1.19. The van der Waals surface area contributed by atoms with Crippen molar-refractivity contribution in [1.82, 2.24) is 0 Å². The molecule has 4 fully saturated rings. The lowest BCUT2D eigenvalue weighted by Crippen LogP contribution is -2.52. The van der Waals surface area contributed by atoms with Gasteiger partial charge in [-0.3, -0.25) is 9.59 Å². The van der Waals surface area contributed by atoms with Gasteiger partial charge in [-0.1, -0.05) is 20.8 Å². The maximum Gasteiger partial charge on any atom is 0.311 e. The normalized spacial score (nSPS) is 42.2. The van der Waals surface area contributed by atoms with Gasteiger partial charge in [0.2, 0.25) is 0 Å². The first-order valence-electron chi connectivity index (χ1n) is 13.9. The Morgan fingerprint density at radius 3 is 1.32 bits per heavy atom. The molecule has 0 bridgehead atoms. The number of aliphatic hydroxyl groups is 1. The smallest absolute Gasteiger partial charge is 0.311 e. The minimum Gasteiger partial charge on any atom is -0.456 e. The third-order valence-electron chi connectivity index (χ3n) is 8.61. The van der Waals surface area contributed by atoms with Gasteiger partial charge in [-0.15, -0.1) is 0 Å². The molecule has 0 aromatic carbocycles. The van der Waals surface area contributed by atoms with Crippen molar-refractivity contribution in [1.29, 1.82) is 0 Å². The van der Waals surface area contributed by atoms with Gasteiger partial charge in [0.25, 0.3) is 0 Å². The standard InChI is InChI=1S/C15H26O4.C14H24O5/c1-9-7-15(8-9)10(2)11(12(17-6)19-15)18-13(16)14(3,4)5;1-8-10(18-12(16)13(2,3)4)11(17-5)19-14(8)6-9(15)7-14/h9-12H,7-8H2,1-6H3;8-11,15H,6-7H2,1-5H3/t9?,10-,11+,12+,15?;8-,9?,10+,11+,14?/m00/s1. The summed E-state index contributed by atoms with van der Waals surface area (Å²) in [7, 11) is 3.15. The Kier molecular flexibility index (Phi) is 9.02. The van der Waals surface area contributed by atoms with Crippen LogP contribution in [0, 0.1) is 28.6 Å². The topological polar surface area (TPSA) is 110 Å². The summed E-state index contributed by atoms with van der Waals surface area (Å²) in [4.78, 5) is 24.1. The third-order valence-corrected chi connectivity index (χ3v) is 8.61. The first-order valence-corrected chi connectivity index (χ1v) is 13.9. The summed E-state index contributed by atoms with van der Waals surface area (Å²) in [6.45, 7) is 17.4. The molecule has 38 heavy (non-hydrogen) atoms. The SMILES string of the molecule is CO[C@@H]1OC2(CC(C)C2)[C@@H](C)[C@H]1OC(=O)C(C)(C)C.CO[C@@H]1OC2(CC(O)C2)[C@@H](C)[C@H]1OC(=O)C(C)(C)C. The van der Waals surface area contributed by atoms with E-state index < -0.39 is 35.1 Å². The first-order chi connectivity index (χ1) is 17.4. The molecule has 2 aliphatic carbocycles. The van der Waals surface area contributed by atoms with Crippen LogP contribution in [0.3, 0.4) is 0 Å². The molecular weight excluding hydrogens is 492 g/mol. The minimum absolute atomic E-state index is 0.0205. The highest BCUT2D eigenvalue weighted by Crippen LogP contribution is 2.53. The fraction of sp³-hybridized carbons (Fsp3) is 0.931. The minimum atomic E-state index is -0.549. The van der Waals surface area contributed by atoms with E-state index >= 15 is 0 Å². The maximum atomic E-state index is 12.1. The Morgan fingerprint density at radius 2 is 1.05 bits per heavy atom. The molecule has 0 aromatic rings. The summed E-state index contributed by atoms with van der Waals surface area (Å²) in [5, 5.41) is 9.52. The molecular formula is C29H50O9. The largest absolute Gasteiger partial charge is 0.456 e. The van der Waals surface area contributed by atoms with Crippen LogP contribution in [0.4, 0.5) is 0 Å². The van der Waals surface area contributed by atoms with Gasteiger partial charge >= 0.3 is 11.9 Å². The molecule has 9 heteroatoms. The van der Waals surface area contributed by atoms with Gasteiger partial charge in [0.15, 0.2) is 24.8 Å². The predicted octanol–water partition coefficient (Wildman–Crippen LogP) is 4.23. The summed E-state index contributed by atoms with van der Waals surface area (Å²) >= 11 is 0. The van der Waals surface area contributed by atoms with Crippen molar-refractivity contribution in [2.24, 2.45) is 28.6 Å². The molecule has 4 rings (SSSR count). The van der Waals surface area contributed by atoms with E-state index in [9.17, 15) is 14.7 Å². The van der Waals surface area contributed by atoms with Gasteiger partial charge in [0.1, 0.15) is 0 Å². The van der Waals surface area contributed by atoms with Crippen molar-refractivity contribution in [3.63, 3.8) is 0 Å². The molecule has 2 spiro atoms. The third kappa shape index (κ3) is 6.07. The molecule has 0 radical (unpaired) electrons. The molecule has 2 saturated carbocycles. The van der Waals surface area contributed by atoms with Crippen LogP contribution in [0.2, 0.25) is 0 Å². The summed E-state index contributed by atoms with van der Waals surface area (Å²) in [5.41, 5.74) is -1.60. The second-order valence-corrected chi connectivity index (χ2v) is 14.0. The van der Waals surface area contributed by atoms with Crippen LogP contribution in [-0.4, -0.2) is 73.4 Å². The van der Waals surface area contributed by atoms with Crippen LogP contribution in [0.1, 0.15) is 88.0 Å². The summed E-state index contributed by atoms with van der Waals surface area (Å²) in [6, 6.07) is 0. The lowest BCUT2D eigenvalue weighted by Gasteiger charge is -2.45. The van der Waals surface area contributed by atoms with E-state index in [1.54, 1.807) is 14.2 Å². The number of hydrogen-bond donors (Lipinski definition) is 1. The van der Waals surface area contributed by atoms with Crippen molar-refractivity contribution >= 4 is 11.9 Å². The van der Waals surface area contributed by atoms with Crippen LogP contribution < -0.4 is 0 Å². The molecule has 2 heterocycles. The van der Waals surface area contributed by atoms with Crippen molar-refractivity contribution in [2.45, 2.75) is 130 Å². The zero-order valence-electron chi connectivity index (χ0n) is 25.2. The number of hydrogen-bond acceptors (Lipinski definition) is 9. The zero-order chi connectivity index (χ0) is 28.8. The number of methoxy groups -OCH3 is 2. The number of rotatable bonds is 4. The average Bonchev–Trinajstić information content (AvgIpc) is 3.19. The second kappa shape index (κ2) is 11.0. The highest BCUT2D eigenvalue weighted by atomic mass is 16.7. The van der Waals surface area contributed by atoms with Gasteiger partial charge in [0, 0.05) is 38.9 Å². The Morgan fingerprint density at radius 1 is 0.711 bits per heavy atom. The molecule has 1 N–H and O–H groups in total. The van der Waals surface area contributed by atoms with Crippen molar-refractivity contribution < 1.29 is 43.1 Å². The highest BCUT2D eigenvalue weighted by Gasteiger charge is 2.61. The number of ether oxygens (including phenoxy) is 6. The Balaban J connectivity index is 0.000000211. The van der Waals surface area contributed by atoms with Crippen LogP contribution in [0.5, 0.6) is 0 Å². The second-order valence-electron chi connectivity index (χ2n) is 14.0. The fourth-order valence-electron chi connectivity index (χ4n) is 5.96. The van der Waals surface area contributed by atoms with Crippen LogP contribution in [-0.2, 0) is 38.0 Å². The van der Waals surface area contributed by atoms with Gasteiger partial charge in [0.05, 0.1) is 28.1 Å². The quantitative estimate of drug-likeness (QED) is 0.522. The zero-order valence-corrected chi connectivity index (χ0v) is 25.2. The van der Waals surface area contributed by atoms with Gasteiger partial charge < -0.3 is 33.5 Å². The average molecular weight is 543 g/mol. The number of carbonyl (C=O) groups is 2. The van der Waals surface area contributed by atoms with Gasteiger partial charge in [-0.25, -0.2) is 0 Å². The lowest BCUT2D eigenvalue weighted by atomic mass is 9.65.